The lowest BCUT2D eigenvalue weighted by atomic mass is 10.0. The number of alkyl halides is 3. The van der Waals surface area contributed by atoms with Crippen molar-refractivity contribution in [1.82, 2.24) is 4.90 Å². The third-order valence-electron chi connectivity index (χ3n) is 6.78. The molecule has 0 aliphatic carbocycles. The second-order valence-corrected chi connectivity index (χ2v) is 10.1. The number of hydrogen-bond donors (Lipinski definition) is 3. The molecule has 3 aromatic rings. The topological polar surface area (TPSA) is 150 Å². The molecule has 4 rings (SSSR count). The first-order valence-corrected chi connectivity index (χ1v) is 14.2. The molecule has 45 heavy (non-hydrogen) atoms. The number of aryl methyl sites for hydroxylation is 1. The molecule has 0 fully saturated rings. The molecular formula is C32H34F3N3O7. The molecule has 1 aliphatic heterocycles. The van der Waals surface area contributed by atoms with E-state index in [-0.39, 0.29) is 37.9 Å². The van der Waals surface area contributed by atoms with E-state index in [1.54, 1.807) is 4.90 Å². The Morgan fingerprint density at radius 2 is 1.58 bits per heavy atom. The zero-order chi connectivity index (χ0) is 33.0. The van der Waals surface area contributed by atoms with Crippen molar-refractivity contribution in [2.24, 2.45) is 5.73 Å². The van der Waals surface area contributed by atoms with Crippen molar-refractivity contribution in [3.05, 3.63) is 89.5 Å². The number of benzene rings is 3. The number of para-hydroxylation sites is 2. The van der Waals surface area contributed by atoms with Crippen LogP contribution in [0.3, 0.4) is 0 Å². The molecule has 13 heteroatoms. The summed E-state index contributed by atoms with van der Waals surface area (Å²) in [5, 5.41) is 16.3. The largest absolute Gasteiger partial charge is 0.490 e. The Balaban J connectivity index is 0.000000707. The van der Waals surface area contributed by atoms with Crippen LogP contribution in [0.2, 0.25) is 0 Å². The number of nitrogens with zero attached hydrogens (tertiary/aromatic N) is 2. The Morgan fingerprint density at radius 1 is 0.911 bits per heavy atom. The van der Waals surface area contributed by atoms with E-state index < -0.39 is 18.1 Å². The highest BCUT2D eigenvalue weighted by molar-refractivity contribution is 6.09. The van der Waals surface area contributed by atoms with E-state index in [9.17, 15) is 32.7 Å². The lowest BCUT2D eigenvalue weighted by Crippen LogP contribution is -2.40. The summed E-state index contributed by atoms with van der Waals surface area (Å²) in [6.07, 6.45) is -1.65. The van der Waals surface area contributed by atoms with E-state index in [4.69, 9.17) is 20.4 Å². The molecule has 1 aliphatic rings. The molecule has 240 valence electrons. The Kier molecular flexibility index (Phi) is 12.5. The molecule has 0 saturated carbocycles. The van der Waals surface area contributed by atoms with Crippen LogP contribution in [-0.4, -0.2) is 64.7 Å². The van der Waals surface area contributed by atoms with E-state index >= 15 is 0 Å². The number of halogens is 3. The number of carbonyl (C=O) groups is 4. The number of fused-ring (bicyclic) bond motifs is 1. The number of ether oxygens (including phenoxy) is 1. The molecule has 0 unspecified atom stereocenters. The summed E-state index contributed by atoms with van der Waals surface area (Å²) in [5.74, 6) is -3.11. The zero-order valence-corrected chi connectivity index (χ0v) is 24.3. The quantitative estimate of drug-likeness (QED) is 0.230. The fraction of sp³-hybridized carbons (Fsp3) is 0.312. The number of hydrogen-bond acceptors (Lipinski definition) is 6. The molecule has 3 aromatic carbocycles. The van der Waals surface area contributed by atoms with E-state index in [1.165, 1.54) is 4.90 Å². The van der Waals surface area contributed by atoms with Crippen LogP contribution < -0.4 is 15.4 Å². The van der Waals surface area contributed by atoms with Gasteiger partial charge in [0.1, 0.15) is 18.0 Å². The summed E-state index contributed by atoms with van der Waals surface area (Å²) >= 11 is 0. The van der Waals surface area contributed by atoms with Gasteiger partial charge in [-0.1, -0.05) is 48.9 Å². The van der Waals surface area contributed by atoms with Crippen molar-refractivity contribution in [2.75, 3.05) is 24.5 Å². The van der Waals surface area contributed by atoms with Crippen molar-refractivity contribution < 1.29 is 47.3 Å². The fourth-order valence-corrected chi connectivity index (χ4v) is 4.53. The summed E-state index contributed by atoms with van der Waals surface area (Å²) < 4.78 is 37.8. The highest BCUT2D eigenvalue weighted by atomic mass is 19.4. The van der Waals surface area contributed by atoms with Gasteiger partial charge in [-0.25, -0.2) is 4.79 Å². The van der Waals surface area contributed by atoms with Gasteiger partial charge in [0.05, 0.1) is 24.2 Å². The summed E-state index contributed by atoms with van der Waals surface area (Å²) in [6, 6.07) is 22.5. The zero-order valence-electron chi connectivity index (χ0n) is 24.3. The van der Waals surface area contributed by atoms with Gasteiger partial charge in [-0.3, -0.25) is 14.4 Å². The van der Waals surface area contributed by atoms with Crippen molar-refractivity contribution in [3.8, 4) is 11.5 Å². The molecule has 0 aromatic heterocycles. The number of carbonyl (C=O) groups excluding carboxylic acids is 2. The van der Waals surface area contributed by atoms with Gasteiger partial charge in [-0.15, -0.1) is 0 Å². The average Bonchev–Trinajstić information content (AvgIpc) is 3.09. The summed E-state index contributed by atoms with van der Waals surface area (Å²) in [7, 11) is 0. The number of unbranched alkanes of at least 4 members (excludes halogenated alkanes) is 2. The molecule has 0 atom stereocenters. The Labute approximate surface area is 257 Å². The molecule has 2 amide bonds. The average molecular weight is 630 g/mol. The lowest BCUT2D eigenvalue weighted by Gasteiger charge is -2.24. The molecule has 4 N–H and O–H groups in total. The van der Waals surface area contributed by atoms with Gasteiger partial charge in [0.25, 0.3) is 5.91 Å². The van der Waals surface area contributed by atoms with E-state index in [0.29, 0.717) is 29.3 Å². The summed E-state index contributed by atoms with van der Waals surface area (Å²) in [5.41, 5.74) is 8.30. The molecule has 0 spiro atoms. The van der Waals surface area contributed by atoms with Crippen LogP contribution in [0, 0.1) is 0 Å². The van der Waals surface area contributed by atoms with Gasteiger partial charge in [-0.05, 0) is 61.7 Å². The number of anilines is 1. The van der Waals surface area contributed by atoms with E-state index in [1.807, 2.05) is 72.8 Å². The highest BCUT2D eigenvalue weighted by Crippen LogP contribution is 2.32. The number of carboxylic acid groups (broad SMARTS) is 2. The van der Waals surface area contributed by atoms with Crippen LogP contribution in [0.4, 0.5) is 18.9 Å². The third kappa shape index (κ3) is 10.3. The SMILES string of the molecule is NCCCCCc1ccc2c(c1)C(=O)N(CCC(=O)O)CC(=O)N2Cc1ccccc1Oc1ccccc1.O=C(O)C(F)(F)F. The van der Waals surface area contributed by atoms with Crippen LogP contribution >= 0.6 is 0 Å². The smallest absolute Gasteiger partial charge is 0.481 e. The third-order valence-corrected chi connectivity index (χ3v) is 6.78. The number of rotatable bonds is 12. The number of nitrogens with two attached hydrogens (primary N) is 1. The highest BCUT2D eigenvalue weighted by Gasteiger charge is 2.38. The maximum absolute atomic E-state index is 13.5. The van der Waals surface area contributed by atoms with E-state index in [0.717, 1.165) is 36.8 Å². The molecular weight excluding hydrogens is 595 g/mol. The second-order valence-electron chi connectivity index (χ2n) is 10.1. The van der Waals surface area contributed by atoms with Gasteiger partial charge in [-0.2, -0.15) is 13.2 Å². The fourth-order valence-electron chi connectivity index (χ4n) is 4.53. The van der Waals surface area contributed by atoms with Crippen molar-refractivity contribution >= 4 is 29.4 Å². The van der Waals surface area contributed by atoms with Crippen LogP contribution in [0.5, 0.6) is 11.5 Å². The van der Waals surface area contributed by atoms with Gasteiger partial charge in [0.15, 0.2) is 0 Å². The Morgan fingerprint density at radius 3 is 2.22 bits per heavy atom. The molecule has 0 radical (unpaired) electrons. The normalized spacial score (nSPS) is 13.0. The minimum Gasteiger partial charge on any atom is -0.481 e. The maximum atomic E-state index is 13.5. The predicted octanol–water partition coefficient (Wildman–Crippen LogP) is 5.25. The number of carboxylic acids is 2. The maximum Gasteiger partial charge on any atom is 0.490 e. The summed E-state index contributed by atoms with van der Waals surface area (Å²) in [6.45, 7) is 0.606. The number of aliphatic carboxylic acids is 2. The minimum atomic E-state index is -5.08. The van der Waals surface area contributed by atoms with Crippen LogP contribution in [0.15, 0.2) is 72.8 Å². The second kappa shape index (κ2) is 16.2. The standard InChI is InChI=1S/C30H33N3O5.C2HF3O2/c31-17-8-2-3-9-22-14-15-26-25(19-22)30(37)32(18-16-29(35)36)21-28(34)33(26)20-23-10-6-7-13-27(23)38-24-11-4-1-5-12-24;3-2(4,5)1(6)7/h1,4-7,10-15,19H,2-3,8-9,16-18,20-21,31H2,(H,35,36);(H,6,7). The number of amides is 2. The van der Waals surface area contributed by atoms with Gasteiger partial charge < -0.3 is 30.5 Å². The van der Waals surface area contributed by atoms with Crippen molar-refractivity contribution in [3.63, 3.8) is 0 Å². The predicted molar refractivity (Wildman–Crippen MR) is 159 cm³/mol. The van der Waals surface area contributed by atoms with Crippen LogP contribution in [-0.2, 0) is 27.3 Å². The van der Waals surface area contributed by atoms with Crippen molar-refractivity contribution in [2.45, 2.75) is 44.8 Å². The van der Waals surface area contributed by atoms with Crippen LogP contribution in [0.25, 0.3) is 0 Å². The van der Waals surface area contributed by atoms with Crippen molar-refractivity contribution in [1.29, 1.82) is 0 Å². The minimum absolute atomic E-state index is 0.0401. The first-order valence-electron chi connectivity index (χ1n) is 14.2. The molecule has 1 heterocycles. The van der Waals surface area contributed by atoms with Crippen LogP contribution in [0.1, 0.15) is 47.2 Å². The van der Waals surface area contributed by atoms with Gasteiger partial charge in [0.2, 0.25) is 5.91 Å². The lowest BCUT2D eigenvalue weighted by molar-refractivity contribution is -0.192. The first kappa shape index (κ1) is 34.6. The Hall–Kier alpha value is -4.91. The monoisotopic (exact) mass is 629 g/mol. The molecule has 0 saturated heterocycles. The van der Waals surface area contributed by atoms with E-state index in [2.05, 4.69) is 0 Å². The first-order chi connectivity index (χ1) is 21.4. The molecule has 0 bridgehead atoms. The van der Waals surface area contributed by atoms with Gasteiger partial charge in [0, 0.05) is 12.1 Å². The summed E-state index contributed by atoms with van der Waals surface area (Å²) in [4.78, 5) is 50.1. The van der Waals surface area contributed by atoms with Gasteiger partial charge >= 0.3 is 18.1 Å². The molecule has 10 nitrogen and oxygen atoms in total. The Bertz CT molecular complexity index is 1480.